The van der Waals surface area contributed by atoms with E-state index in [1.807, 2.05) is 20.0 Å². The highest BCUT2D eigenvalue weighted by molar-refractivity contribution is 6.30. The van der Waals surface area contributed by atoms with E-state index in [-0.39, 0.29) is 11.9 Å². The largest absolute Gasteiger partial charge is 0.308 e. The molecule has 0 amide bonds. The molecule has 1 aromatic heterocycles. The Bertz CT molecular complexity index is 565. The molecule has 0 aliphatic rings. The Morgan fingerprint density at radius 3 is 2.61 bits per heavy atom. The monoisotopic (exact) mass is 267 g/mol. The fourth-order valence-corrected chi connectivity index (χ4v) is 2.26. The predicted molar refractivity (Wildman–Crippen MR) is 70.3 cm³/mol. The molecule has 5 heteroatoms. The molecule has 1 aromatic carbocycles. The molecule has 0 bridgehead atoms. The lowest BCUT2D eigenvalue weighted by atomic mass is 10.0. The quantitative estimate of drug-likeness (QED) is 0.927. The van der Waals surface area contributed by atoms with Crippen molar-refractivity contribution in [3.8, 4) is 0 Å². The first kappa shape index (κ1) is 13.1. The van der Waals surface area contributed by atoms with Gasteiger partial charge in [0, 0.05) is 17.6 Å². The third kappa shape index (κ3) is 2.40. The number of hydrogen-bond acceptors (Lipinski definition) is 2. The first-order valence-electron chi connectivity index (χ1n) is 5.65. The van der Waals surface area contributed by atoms with Gasteiger partial charge < -0.3 is 5.32 Å². The molecule has 0 radical (unpaired) electrons. The van der Waals surface area contributed by atoms with E-state index in [1.165, 1.54) is 6.07 Å². The summed E-state index contributed by atoms with van der Waals surface area (Å²) in [6, 6.07) is 6.41. The third-order valence-corrected chi connectivity index (χ3v) is 3.13. The van der Waals surface area contributed by atoms with Crippen molar-refractivity contribution in [2.24, 2.45) is 7.05 Å². The first-order valence-corrected chi connectivity index (χ1v) is 6.03. The maximum atomic E-state index is 14.0. The van der Waals surface area contributed by atoms with Crippen LogP contribution in [0.3, 0.4) is 0 Å². The fourth-order valence-electron chi connectivity index (χ4n) is 2.10. The lowest BCUT2D eigenvalue weighted by Crippen LogP contribution is -2.21. The van der Waals surface area contributed by atoms with Gasteiger partial charge in [-0.3, -0.25) is 4.68 Å². The number of hydrogen-bond donors (Lipinski definition) is 1. The van der Waals surface area contributed by atoms with Crippen LogP contribution in [-0.4, -0.2) is 16.8 Å². The Morgan fingerprint density at radius 2 is 2.11 bits per heavy atom. The van der Waals surface area contributed by atoms with E-state index in [0.29, 0.717) is 10.6 Å². The van der Waals surface area contributed by atoms with E-state index in [2.05, 4.69) is 10.4 Å². The molecular formula is C13H15ClFN3. The summed E-state index contributed by atoms with van der Waals surface area (Å²) in [4.78, 5) is 0. The smallest absolute Gasteiger partial charge is 0.129 e. The van der Waals surface area contributed by atoms with Gasteiger partial charge >= 0.3 is 0 Å². The Hall–Kier alpha value is -1.39. The van der Waals surface area contributed by atoms with Gasteiger partial charge in [-0.2, -0.15) is 5.10 Å². The molecule has 0 spiro atoms. The zero-order valence-electron chi connectivity index (χ0n) is 10.5. The second kappa shape index (κ2) is 5.08. The maximum absolute atomic E-state index is 14.0. The third-order valence-electron chi connectivity index (χ3n) is 2.90. The van der Waals surface area contributed by atoms with Crippen molar-refractivity contribution >= 4 is 11.6 Å². The Labute approximate surface area is 111 Å². The van der Waals surface area contributed by atoms with Crippen LogP contribution in [0, 0.1) is 12.7 Å². The van der Waals surface area contributed by atoms with E-state index in [9.17, 15) is 4.39 Å². The van der Waals surface area contributed by atoms with Crippen LogP contribution in [0.15, 0.2) is 24.3 Å². The van der Waals surface area contributed by atoms with Crippen LogP contribution >= 0.6 is 11.6 Å². The first-order chi connectivity index (χ1) is 8.52. The molecule has 2 aromatic rings. The van der Waals surface area contributed by atoms with Crippen LogP contribution in [0.25, 0.3) is 0 Å². The molecule has 1 atom stereocenters. The molecule has 0 aliphatic heterocycles. The average Bonchev–Trinajstić information content (AvgIpc) is 2.62. The maximum Gasteiger partial charge on any atom is 0.129 e. The summed E-state index contributed by atoms with van der Waals surface area (Å²) in [6.45, 7) is 1.91. The van der Waals surface area contributed by atoms with Crippen LogP contribution in [-0.2, 0) is 7.05 Å². The number of aromatic nitrogens is 2. The van der Waals surface area contributed by atoms with Gasteiger partial charge in [0.2, 0.25) is 0 Å². The standard InChI is InChI=1S/C13H15ClFN3/c1-8-6-12(18(3)17-8)13(16-2)10-5-4-9(14)7-11(10)15/h4-7,13,16H,1-3H3. The summed E-state index contributed by atoms with van der Waals surface area (Å²) in [5.74, 6) is -0.319. The Kier molecular flexibility index (Phi) is 3.68. The minimum absolute atomic E-state index is 0.242. The molecule has 0 fully saturated rings. The van der Waals surface area contributed by atoms with Crippen molar-refractivity contribution in [2.75, 3.05) is 7.05 Å². The normalized spacial score (nSPS) is 12.7. The van der Waals surface area contributed by atoms with Gasteiger partial charge in [-0.25, -0.2) is 4.39 Å². The molecule has 3 nitrogen and oxygen atoms in total. The van der Waals surface area contributed by atoms with Crippen LogP contribution in [0.1, 0.15) is 23.0 Å². The highest BCUT2D eigenvalue weighted by atomic mass is 35.5. The van der Waals surface area contributed by atoms with E-state index in [0.717, 1.165) is 11.4 Å². The molecule has 96 valence electrons. The zero-order chi connectivity index (χ0) is 13.3. The highest BCUT2D eigenvalue weighted by Crippen LogP contribution is 2.26. The van der Waals surface area contributed by atoms with Crippen molar-refractivity contribution < 1.29 is 4.39 Å². The van der Waals surface area contributed by atoms with Crippen LogP contribution in [0.2, 0.25) is 5.02 Å². The average molecular weight is 268 g/mol. The molecule has 18 heavy (non-hydrogen) atoms. The summed E-state index contributed by atoms with van der Waals surface area (Å²) in [7, 11) is 3.64. The molecule has 1 heterocycles. The summed E-state index contributed by atoms with van der Waals surface area (Å²) in [5, 5.41) is 7.78. The van der Waals surface area contributed by atoms with Crippen LogP contribution < -0.4 is 5.32 Å². The SMILES string of the molecule is CNC(c1ccc(Cl)cc1F)c1cc(C)nn1C. The molecule has 1 N–H and O–H groups in total. The number of nitrogens with one attached hydrogen (secondary N) is 1. The van der Waals surface area contributed by atoms with Crippen molar-refractivity contribution in [1.29, 1.82) is 0 Å². The molecule has 0 saturated carbocycles. The number of aryl methyl sites for hydroxylation is 2. The van der Waals surface area contributed by atoms with E-state index in [1.54, 1.807) is 23.9 Å². The molecule has 0 aliphatic carbocycles. The number of rotatable bonds is 3. The summed E-state index contributed by atoms with van der Waals surface area (Å²) >= 11 is 5.77. The topological polar surface area (TPSA) is 29.9 Å². The molecule has 1 unspecified atom stereocenters. The Balaban J connectivity index is 2.48. The van der Waals surface area contributed by atoms with E-state index < -0.39 is 0 Å². The zero-order valence-corrected chi connectivity index (χ0v) is 11.3. The fraction of sp³-hybridized carbons (Fsp3) is 0.308. The summed E-state index contributed by atoms with van der Waals surface area (Å²) in [5.41, 5.74) is 2.38. The van der Waals surface area contributed by atoms with Gasteiger partial charge in [-0.05, 0) is 32.2 Å². The second-order valence-electron chi connectivity index (χ2n) is 4.22. The van der Waals surface area contributed by atoms with Gasteiger partial charge in [0.05, 0.1) is 17.4 Å². The van der Waals surface area contributed by atoms with Gasteiger partial charge in [-0.1, -0.05) is 17.7 Å². The highest BCUT2D eigenvalue weighted by Gasteiger charge is 2.19. The molecule has 2 rings (SSSR count). The number of halogens is 2. The van der Waals surface area contributed by atoms with Crippen LogP contribution in [0.4, 0.5) is 4.39 Å². The second-order valence-corrected chi connectivity index (χ2v) is 4.66. The summed E-state index contributed by atoms with van der Waals surface area (Å²) < 4.78 is 15.7. The van der Waals surface area contributed by atoms with Crippen LogP contribution in [0.5, 0.6) is 0 Å². The minimum Gasteiger partial charge on any atom is -0.308 e. The van der Waals surface area contributed by atoms with Crippen molar-refractivity contribution in [1.82, 2.24) is 15.1 Å². The molecule has 0 saturated heterocycles. The number of nitrogens with zero attached hydrogens (tertiary/aromatic N) is 2. The number of benzene rings is 1. The lowest BCUT2D eigenvalue weighted by molar-refractivity contribution is 0.551. The Morgan fingerprint density at radius 1 is 1.39 bits per heavy atom. The predicted octanol–water partition coefficient (Wildman–Crippen LogP) is 2.83. The van der Waals surface area contributed by atoms with Crippen molar-refractivity contribution in [3.05, 3.63) is 52.1 Å². The van der Waals surface area contributed by atoms with Crippen molar-refractivity contribution in [3.63, 3.8) is 0 Å². The summed E-state index contributed by atoms with van der Waals surface area (Å²) in [6.07, 6.45) is 0. The van der Waals surface area contributed by atoms with Crippen molar-refractivity contribution in [2.45, 2.75) is 13.0 Å². The van der Waals surface area contributed by atoms with E-state index >= 15 is 0 Å². The lowest BCUT2D eigenvalue weighted by Gasteiger charge is -2.17. The van der Waals surface area contributed by atoms with E-state index in [4.69, 9.17) is 11.6 Å². The van der Waals surface area contributed by atoms with Gasteiger partial charge in [0.15, 0.2) is 0 Å². The van der Waals surface area contributed by atoms with Gasteiger partial charge in [0.1, 0.15) is 5.82 Å². The van der Waals surface area contributed by atoms with Gasteiger partial charge in [-0.15, -0.1) is 0 Å². The minimum atomic E-state index is -0.319. The van der Waals surface area contributed by atoms with Gasteiger partial charge in [0.25, 0.3) is 0 Å². The molecular weight excluding hydrogens is 253 g/mol.